The zero-order valence-electron chi connectivity index (χ0n) is 8.59. The molecule has 1 aliphatic rings. The number of aromatic nitrogens is 2. The van der Waals surface area contributed by atoms with Gasteiger partial charge >= 0.3 is 0 Å². The molecule has 2 heterocycles. The normalized spacial score (nSPS) is 22.5. The lowest BCUT2D eigenvalue weighted by Gasteiger charge is -2.21. The van der Waals surface area contributed by atoms with E-state index in [-0.39, 0.29) is 6.04 Å². The first-order chi connectivity index (χ1) is 7.25. The number of nitrogens with zero attached hydrogens (tertiary/aromatic N) is 3. The molecule has 1 aromatic rings. The molecule has 1 fully saturated rings. The molecular weight excluding hydrogens is 192 g/mol. The highest BCUT2D eigenvalue weighted by atomic mass is 16.5. The van der Waals surface area contributed by atoms with Crippen molar-refractivity contribution in [3.63, 3.8) is 0 Å². The minimum absolute atomic E-state index is 0.0236. The Morgan fingerprint density at radius 2 is 2.20 bits per heavy atom. The number of anilines is 1. The first-order valence-corrected chi connectivity index (χ1v) is 4.98. The quantitative estimate of drug-likeness (QED) is 0.692. The summed E-state index contributed by atoms with van der Waals surface area (Å²) in [5.41, 5.74) is 6.67. The average Bonchev–Trinajstić information content (AvgIpc) is 2.44. The molecule has 0 saturated carbocycles. The van der Waals surface area contributed by atoms with Crippen LogP contribution in [-0.4, -0.2) is 42.3 Å². The molecule has 0 amide bonds. The van der Waals surface area contributed by atoms with Crippen molar-refractivity contribution in [1.82, 2.24) is 9.97 Å². The highest BCUT2D eigenvalue weighted by Crippen LogP contribution is 2.09. The molecule has 0 aliphatic carbocycles. The Bertz CT molecular complexity index is 314. The van der Waals surface area contributed by atoms with Gasteiger partial charge in [-0.2, -0.15) is 0 Å². The molecule has 1 radical (unpaired) electrons. The molecule has 0 aromatic carbocycles. The van der Waals surface area contributed by atoms with Crippen LogP contribution in [0, 0.1) is 6.92 Å². The van der Waals surface area contributed by atoms with Gasteiger partial charge < -0.3 is 15.4 Å². The van der Waals surface area contributed by atoms with E-state index in [0.29, 0.717) is 19.2 Å². The van der Waals surface area contributed by atoms with Crippen LogP contribution in [0.3, 0.4) is 0 Å². The van der Waals surface area contributed by atoms with Crippen LogP contribution in [0.5, 0.6) is 0 Å². The molecule has 2 N–H and O–H groups in total. The summed E-state index contributed by atoms with van der Waals surface area (Å²) in [6.07, 6.45) is 3.42. The largest absolute Gasteiger partial charge is 0.378 e. The Hall–Kier alpha value is -1.20. The van der Waals surface area contributed by atoms with Gasteiger partial charge in [-0.15, -0.1) is 0 Å². The predicted octanol–water partition coefficient (Wildman–Crippen LogP) is -0.177. The van der Waals surface area contributed by atoms with Gasteiger partial charge in [0.2, 0.25) is 5.95 Å². The zero-order valence-corrected chi connectivity index (χ0v) is 8.59. The molecule has 1 aromatic heterocycles. The number of nitrogens with two attached hydrogens (primary N) is 1. The van der Waals surface area contributed by atoms with Crippen LogP contribution in [0.1, 0.15) is 5.56 Å². The summed E-state index contributed by atoms with van der Waals surface area (Å²) < 4.78 is 5.35. The second-order valence-corrected chi connectivity index (χ2v) is 3.67. The van der Waals surface area contributed by atoms with Crippen molar-refractivity contribution in [2.24, 2.45) is 5.73 Å². The van der Waals surface area contributed by atoms with Crippen LogP contribution in [0.15, 0.2) is 12.4 Å². The van der Waals surface area contributed by atoms with E-state index in [9.17, 15) is 0 Å². The molecule has 1 aliphatic heterocycles. The first-order valence-electron chi connectivity index (χ1n) is 4.98. The Labute approximate surface area is 89.3 Å². The molecular formula is C10H15N4O. The van der Waals surface area contributed by atoms with Gasteiger partial charge in [0.1, 0.15) is 0 Å². The third-order valence-electron chi connectivity index (χ3n) is 2.27. The monoisotopic (exact) mass is 207 g/mol. The molecule has 1 saturated heterocycles. The number of rotatable bonds is 1. The third-order valence-corrected chi connectivity index (χ3v) is 2.27. The van der Waals surface area contributed by atoms with E-state index < -0.39 is 0 Å². The van der Waals surface area contributed by atoms with Crippen LogP contribution in [0.25, 0.3) is 0 Å². The fraction of sp³-hybridized carbons (Fsp3) is 0.500. The maximum absolute atomic E-state index is 5.86. The minimum atomic E-state index is 0.0236. The molecule has 1 atom stereocenters. The summed E-state index contributed by atoms with van der Waals surface area (Å²) in [6.45, 7) is 6.53. The van der Waals surface area contributed by atoms with Crippen molar-refractivity contribution >= 4 is 5.95 Å². The van der Waals surface area contributed by atoms with Crippen molar-refractivity contribution in [2.45, 2.75) is 6.04 Å². The summed E-state index contributed by atoms with van der Waals surface area (Å²) in [7, 11) is 0. The highest BCUT2D eigenvalue weighted by Gasteiger charge is 2.17. The van der Waals surface area contributed by atoms with Crippen molar-refractivity contribution in [3.05, 3.63) is 24.9 Å². The van der Waals surface area contributed by atoms with Gasteiger partial charge in [0.15, 0.2) is 0 Å². The lowest BCUT2D eigenvalue weighted by Crippen LogP contribution is -2.38. The van der Waals surface area contributed by atoms with E-state index in [1.54, 1.807) is 12.4 Å². The van der Waals surface area contributed by atoms with E-state index in [4.69, 9.17) is 10.5 Å². The fourth-order valence-corrected chi connectivity index (χ4v) is 1.53. The zero-order chi connectivity index (χ0) is 10.7. The lowest BCUT2D eigenvalue weighted by molar-refractivity contribution is 0.142. The summed E-state index contributed by atoms with van der Waals surface area (Å²) >= 11 is 0. The van der Waals surface area contributed by atoms with Crippen LogP contribution >= 0.6 is 0 Å². The van der Waals surface area contributed by atoms with E-state index in [1.807, 2.05) is 4.90 Å². The standard InChI is InChI=1S/C10H15N4O/c1-8-4-12-10(13-5-8)14-2-3-15-7-9(11)6-14/h4-5,9H,1-3,6-7,11H2. The van der Waals surface area contributed by atoms with Gasteiger partial charge in [0.05, 0.1) is 13.2 Å². The molecule has 1 unspecified atom stereocenters. The maximum atomic E-state index is 5.86. The van der Waals surface area contributed by atoms with E-state index in [0.717, 1.165) is 18.7 Å². The molecule has 0 bridgehead atoms. The Kier molecular flexibility index (Phi) is 3.13. The van der Waals surface area contributed by atoms with E-state index in [1.165, 1.54) is 0 Å². The van der Waals surface area contributed by atoms with Crippen molar-refractivity contribution < 1.29 is 4.74 Å². The summed E-state index contributed by atoms with van der Waals surface area (Å²) in [6, 6.07) is 0.0236. The van der Waals surface area contributed by atoms with Gasteiger partial charge in [0.25, 0.3) is 0 Å². The Morgan fingerprint density at radius 3 is 2.93 bits per heavy atom. The van der Waals surface area contributed by atoms with Gasteiger partial charge in [-0.1, -0.05) is 0 Å². The van der Waals surface area contributed by atoms with Crippen molar-refractivity contribution in [1.29, 1.82) is 0 Å². The van der Waals surface area contributed by atoms with Crippen LogP contribution in [-0.2, 0) is 4.74 Å². The number of hydrogen-bond acceptors (Lipinski definition) is 5. The molecule has 15 heavy (non-hydrogen) atoms. The van der Waals surface area contributed by atoms with Crippen LogP contribution in [0.2, 0.25) is 0 Å². The maximum Gasteiger partial charge on any atom is 0.225 e. The van der Waals surface area contributed by atoms with E-state index >= 15 is 0 Å². The first kappa shape index (κ1) is 10.3. The molecule has 0 spiro atoms. The van der Waals surface area contributed by atoms with Gasteiger partial charge in [0, 0.05) is 31.5 Å². The van der Waals surface area contributed by atoms with Gasteiger partial charge in [-0.05, 0) is 12.5 Å². The number of hydrogen-bond donors (Lipinski definition) is 1. The Morgan fingerprint density at radius 1 is 1.47 bits per heavy atom. The van der Waals surface area contributed by atoms with Crippen molar-refractivity contribution in [2.75, 3.05) is 31.2 Å². The van der Waals surface area contributed by atoms with Crippen molar-refractivity contribution in [3.8, 4) is 0 Å². The van der Waals surface area contributed by atoms with Gasteiger partial charge in [-0.3, -0.25) is 0 Å². The predicted molar refractivity (Wildman–Crippen MR) is 57.5 cm³/mol. The molecule has 5 heteroatoms. The van der Waals surface area contributed by atoms with Crippen LogP contribution in [0.4, 0.5) is 5.95 Å². The summed E-state index contributed by atoms with van der Waals surface area (Å²) in [5.74, 6) is 0.698. The van der Waals surface area contributed by atoms with Gasteiger partial charge in [-0.25, -0.2) is 9.97 Å². The average molecular weight is 207 g/mol. The molecule has 5 nitrogen and oxygen atoms in total. The topological polar surface area (TPSA) is 64.3 Å². The lowest BCUT2D eigenvalue weighted by atomic mass is 10.3. The van der Waals surface area contributed by atoms with E-state index in [2.05, 4.69) is 16.9 Å². The summed E-state index contributed by atoms with van der Waals surface area (Å²) in [4.78, 5) is 10.5. The second kappa shape index (κ2) is 4.55. The molecule has 81 valence electrons. The Balaban J connectivity index is 2.11. The third kappa shape index (κ3) is 2.64. The molecule has 2 rings (SSSR count). The minimum Gasteiger partial charge on any atom is -0.378 e. The SMILES string of the molecule is [CH2]c1cnc(N2CCOCC(N)C2)nc1. The number of ether oxygens (including phenoxy) is 1. The second-order valence-electron chi connectivity index (χ2n) is 3.67. The fourth-order valence-electron chi connectivity index (χ4n) is 1.53. The van der Waals surface area contributed by atoms with Crippen LogP contribution < -0.4 is 10.6 Å². The summed E-state index contributed by atoms with van der Waals surface area (Å²) in [5, 5.41) is 0. The highest BCUT2D eigenvalue weighted by molar-refractivity contribution is 5.31. The smallest absolute Gasteiger partial charge is 0.225 e.